The number of ether oxygens (including phenoxy) is 1. The van der Waals surface area contributed by atoms with Gasteiger partial charge >= 0.3 is 6.03 Å². The van der Waals surface area contributed by atoms with Gasteiger partial charge in [0.1, 0.15) is 12.4 Å². The van der Waals surface area contributed by atoms with Gasteiger partial charge in [0.25, 0.3) is 0 Å². The van der Waals surface area contributed by atoms with E-state index in [1.54, 1.807) is 35.5 Å². The fourth-order valence-corrected chi connectivity index (χ4v) is 3.63. The lowest BCUT2D eigenvalue weighted by molar-refractivity contribution is 0.208. The molecule has 3 aromatic rings. The molecule has 1 aliphatic rings. The number of aryl methyl sites for hydroxylation is 1. The molecule has 2 aromatic heterocycles. The van der Waals surface area contributed by atoms with Gasteiger partial charge < -0.3 is 25.6 Å². The minimum atomic E-state index is -0.359. The molecule has 4 rings (SSSR count). The first-order valence-electron chi connectivity index (χ1n) is 10.8. The summed E-state index contributed by atoms with van der Waals surface area (Å²) in [5, 5.41) is 2.80. The van der Waals surface area contributed by atoms with Gasteiger partial charge in [-0.3, -0.25) is 0 Å². The van der Waals surface area contributed by atoms with E-state index in [1.807, 2.05) is 13.0 Å². The maximum absolute atomic E-state index is 13.8. The van der Waals surface area contributed by atoms with E-state index in [2.05, 4.69) is 25.2 Å². The second-order valence-corrected chi connectivity index (χ2v) is 7.63. The number of pyridine rings is 1. The molecule has 3 heterocycles. The Morgan fingerprint density at radius 1 is 1.15 bits per heavy atom. The topological polar surface area (TPSA) is 110 Å². The highest BCUT2D eigenvalue weighted by atomic mass is 19.1. The Morgan fingerprint density at radius 3 is 2.73 bits per heavy atom. The molecule has 3 N–H and O–H groups in total. The highest BCUT2D eigenvalue weighted by Crippen LogP contribution is 2.27. The first kappa shape index (κ1) is 22.3. The highest BCUT2D eigenvalue weighted by molar-refractivity contribution is 5.89. The van der Waals surface area contributed by atoms with Gasteiger partial charge in [0.15, 0.2) is 11.6 Å². The average molecular weight is 452 g/mol. The van der Waals surface area contributed by atoms with Crippen LogP contribution in [-0.4, -0.2) is 52.1 Å². The quantitative estimate of drug-likeness (QED) is 0.593. The van der Waals surface area contributed by atoms with Crippen LogP contribution in [0.4, 0.5) is 26.6 Å². The van der Waals surface area contributed by atoms with Crippen molar-refractivity contribution in [1.82, 2.24) is 19.9 Å². The van der Waals surface area contributed by atoms with Crippen molar-refractivity contribution in [2.75, 3.05) is 42.1 Å². The van der Waals surface area contributed by atoms with E-state index in [0.717, 1.165) is 5.56 Å². The molecule has 0 aliphatic carbocycles. The van der Waals surface area contributed by atoms with Gasteiger partial charge in [0, 0.05) is 44.3 Å². The fraction of sp³-hybridized carbons (Fsp3) is 0.304. The van der Waals surface area contributed by atoms with E-state index < -0.39 is 0 Å². The Kier molecular flexibility index (Phi) is 6.82. The van der Waals surface area contributed by atoms with Crippen molar-refractivity contribution in [3.05, 3.63) is 65.9 Å². The monoisotopic (exact) mass is 451 g/mol. The zero-order chi connectivity index (χ0) is 23.2. The van der Waals surface area contributed by atoms with Crippen molar-refractivity contribution >= 4 is 23.5 Å². The zero-order valence-electron chi connectivity index (χ0n) is 18.4. The largest absolute Gasteiger partial charge is 0.483 e. The first-order chi connectivity index (χ1) is 16.0. The smallest absolute Gasteiger partial charge is 0.321 e. The molecule has 1 fully saturated rings. The summed E-state index contributed by atoms with van der Waals surface area (Å²) in [7, 11) is 0. The summed E-state index contributed by atoms with van der Waals surface area (Å²) in [6, 6.07) is 9.74. The molecule has 0 spiro atoms. The molecule has 1 saturated heterocycles. The van der Waals surface area contributed by atoms with E-state index in [0.29, 0.717) is 55.5 Å². The molecular weight excluding hydrogens is 425 g/mol. The number of carbonyl (C=O) groups is 1. The number of halogens is 1. The predicted octanol–water partition coefficient (Wildman–Crippen LogP) is 3.09. The van der Waals surface area contributed by atoms with Gasteiger partial charge in [-0.05, 0) is 48.4 Å². The molecule has 2 amide bonds. The van der Waals surface area contributed by atoms with Crippen molar-refractivity contribution in [2.45, 2.75) is 20.0 Å². The third-order valence-corrected chi connectivity index (χ3v) is 5.34. The van der Waals surface area contributed by atoms with Crippen LogP contribution in [0.25, 0.3) is 0 Å². The lowest BCUT2D eigenvalue weighted by Crippen LogP contribution is -2.50. The normalized spacial score (nSPS) is 13.6. The van der Waals surface area contributed by atoms with Crippen LogP contribution in [0.1, 0.15) is 18.2 Å². The first-order valence-corrected chi connectivity index (χ1v) is 10.8. The van der Waals surface area contributed by atoms with Gasteiger partial charge in [0.2, 0.25) is 5.95 Å². The average Bonchev–Trinajstić information content (AvgIpc) is 2.82. The van der Waals surface area contributed by atoms with Crippen LogP contribution in [0, 0.1) is 5.82 Å². The van der Waals surface area contributed by atoms with Gasteiger partial charge in [-0.25, -0.2) is 24.1 Å². The summed E-state index contributed by atoms with van der Waals surface area (Å²) >= 11 is 0. The number of amides is 2. The van der Waals surface area contributed by atoms with E-state index in [4.69, 9.17) is 10.5 Å². The van der Waals surface area contributed by atoms with Crippen LogP contribution in [0.3, 0.4) is 0 Å². The van der Waals surface area contributed by atoms with Gasteiger partial charge in [-0.1, -0.05) is 6.92 Å². The molecule has 9 nitrogen and oxygen atoms in total. The SMILES string of the molecule is CCc1cc(F)cc(NC(=O)N2CCN(c3ncccc3OCc3ccnc(N)n3)CC2)c1. The molecule has 1 aromatic carbocycles. The number of carbonyl (C=O) groups excluding carboxylic acids is 1. The van der Waals surface area contributed by atoms with Crippen molar-refractivity contribution in [1.29, 1.82) is 0 Å². The molecule has 0 saturated carbocycles. The maximum atomic E-state index is 13.8. The number of rotatable bonds is 6. The Labute approximate surface area is 191 Å². The van der Waals surface area contributed by atoms with E-state index >= 15 is 0 Å². The van der Waals surface area contributed by atoms with E-state index in [-0.39, 0.29) is 24.4 Å². The van der Waals surface area contributed by atoms with Crippen molar-refractivity contribution in [2.24, 2.45) is 0 Å². The molecule has 33 heavy (non-hydrogen) atoms. The van der Waals surface area contributed by atoms with Crippen LogP contribution >= 0.6 is 0 Å². The maximum Gasteiger partial charge on any atom is 0.321 e. The summed E-state index contributed by atoms with van der Waals surface area (Å²) in [5.41, 5.74) is 7.60. The second-order valence-electron chi connectivity index (χ2n) is 7.63. The number of nitrogens with one attached hydrogen (secondary N) is 1. The Bertz CT molecular complexity index is 1120. The van der Waals surface area contributed by atoms with Gasteiger partial charge in [-0.2, -0.15) is 0 Å². The summed E-state index contributed by atoms with van der Waals surface area (Å²) in [4.78, 5) is 29.0. The number of anilines is 3. The molecule has 0 bridgehead atoms. The van der Waals surface area contributed by atoms with Crippen LogP contribution in [0.2, 0.25) is 0 Å². The van der Waals surface area contributed by atoms with Crippen molar-refractivity contribution < 1.29 is 13.9 Å². The Hall–Kier alpha value is -3.95. The third kappa shape index (κ3) is 5.65. The molecular formula is C23H26FN7O2. The van der Waals surface area contributed by atoms with Crippen LogP contribution in [-0.2, 0) is 13.0 Å². The Balaban J connectivity index is 1.36. The van der Waals surface area contributed by atoms with Gasteiger partial charge in [-0.15, -0.1) is 0 Å². The molecule has 172 valence electrons. The summed E-state index contributed by atoms with van der Waals surface area (Å²) in [6.45, 7) is 4.36. The summed E-state index contributed by atoms with van der Waals surface area (Å²) in [6.07, 6.45) is 3.99. The highest BCUT2D eigenvalue weighted by Gasteiger charge is 2.24. The molecule has 0 unspecified atom stereocenters. The minimum Gasteiger partial charge on any atom is -0.483 e. The number of urea groups is 1. The van der Waals surface area contributed by atoms with Crippen LogP contribution < -0.4 is 20.7 Å². The van der Waals surface area contributed by atoms with Crippen LogP contribution in [0.5, 0.6) is 5.75 Å². The lowest BCUT2D eigenvalue weighted by atomic mass is 10.1. The number of piperazine rings is 1. The van der Waals surface area contributed by atoms with Crippen molar-refractivity contribution in [3.63, 3.8) is 0 Å². The summed E-state index contributed by atoms with van der Waals surface area (Å²) in [5.74, 6) is 1.17. The van der Waals surface area contributed by atoms with Gasteiger partial charge in [0.05, 0.1) is 5.69 Å². The summed E-state index contributed by atoms with van der Waals surface area (Å²) < 4.78 is 19.7. The van der Waals surface area contributed by atoms with E-state index in [9.17, 15) is 9.18 Å². The number of nitrogen functional groups attached to an aromatic ring is 1. The standard InChI is InChI=1S/C23H26FN7O2/c1-2-16-12-17(24)14-19(13-16)29-23(32)31-10-8-30(9-11-31)21-20(4-3-6-26-21)33-15-18-5-7-27-22(25)28-18/h3-7,12-14H,2,8-11,15H2,1H3,(H,29,32)(H2,25,27,28). The number of nitrogens with zero attached hydrogens (tertiary/aromatic N) is 5. The third-order valence-electron chi connectivity index (χ3n) is 5.34. The van der Waals surface area contributed by atoms with Crippen LogP contribution in [0.15, 0.2) is 48.8 Å². The zero-order valence-corrected chi connectivity index (χ0v) is 18.4. The number of nitrogens with two attached hydrogens (primary N) is 1. The lowest BCUT2D eigenvalue weighted by Gasteiger charge is -2.35. The second kappa shape index (κ2) is 10.1. The number of benzene rings is 1. The number of hydrogen-bond acceptors (Lipinski definition) is 7. The predicted molar refractivity (Wildman–Crippen MR) is 124 cm³/mol. The number of aromatic nitrogens is 3. The molecule has 1 aliphatic heterocycles. The Morgan fingerprint density at radius 2 is 1.97 bits per heavy atom. The fourth-order valence-electron chi connectivity index (χ4n) is 3.63. The molecule has 10 heteroatoms. The van der Waals surface area contributed by atoms with E-state index in [1.165, 1.54) is 12.1 Å². The number of hydrogen-bond donors (Lipinski definition) is 2. The minimum absolute atomic E-state index is 0.195. The molecule has 0 radical (unpaired) electrons. The molecule has 0 atom stereocenters. The van der Waals surface area contributed by atoms with Crippen molar-refractivity contribution in [3.8, 4) is 5.75 Å².